The van der Waals surface area contributed by atoms with Gasteiger partial charge in [0.1, 0.15) is 0 Å². The minimum atomic E-state index is -0.922. The Morgan fingerprint density at radius 2 is 2.13 bits per heavy atom. The molecular formula is C19H34N2O2. The molecule has 132 valence electrons. The van der Waals surface area contributed by atoms with Crippen LogP contribution in [0.5, 0.6) is 0 Å². The number of allylic oxidation sites excluding steroid dienone is 3. The molecule has 0 saturated carbocycles. The molecule has 0 aliphatic carbocycles. The fourth-order valence-corrected chi connectivity index (χ4v) is 2.63. The first kappa shape index (κ1) is 19.9. The topological polar surface area (TPSA) is 35.9 Å². The first-order valence-electron chi connectivity index (χ1n) is 8.42. The van der Waals surface area contributed by atoms with Crippen molar-refractivity contribution < 1.29 is 9.84 Å². The molecule has 4 nitrogen and oxygen atoms in total. The van der Waals surface area contributed by atoms with Crippen LogP contribution in [0, 0.1) is 0 Å². The Morgan fingerprint density at radius 1 is 1.52 bits per heavy atom. The number of likely N-dealkylation sites (N-methyl/N-ethyl adjacent to an activating group) is 1. The summed E-state index contributed by atoms with van der Waals surface area (Å²) in [5.41, 5.74) is 3.17. The molecule has 1 aliphatic heterocycles. The van der Waals surface area contributed by atoms with E-state index in [1.54, 1.807) is 0 Å². The summed E-state index contributed by atoms with van der Waals surface area (Å²) < 4.78 is 5.71. The minimum Gasteiger partial charge on any atom is -0.378 e. The number of aliphatic hydroxyl groups is 1. The Kier molecular flexibility index (Phi) is 7.05. The maximum Gasteiger partial charge on any atom is 0.216 e. The average molecular weight is 322 g/mol. The highest BCUT2D eigenvalue weighted by molar-refractivity contribution is 5.35. The van der Waals surface area contributed by atoms with Crippen LogP contribution >= 0.6 is 0 Å². The molecule has 23 heavy (non-hydrogen) atoms. The molecule has 0 aromatic carbocycles. The van der Waals surface area contributed by atoms with Crippen LogP contribution in [-0.4, -0.2) is 53.6 Å². The van der Waals surface area contributed by atoms with Gasteiger partial charge in [-0.25, -0.2) is 0 Å². The Hall–Kier alpha value is -1.10. The van der Waals surface area contributed by atoms with Crippen LogP contribution in [0.15, 0.2) is 35.6 Å². The molecular weight excluding hydrogens is 288 g/mol. The van der Waals surface area contributed by atoms with Gasteiger partial charge in [0.2, 0.25) is 6.41 Å². The second-order valence-electron chi connectivity index (χ2n) is 7.33. The molecule has 0 bridgehead atoms. The number of ether oxygens (including phenoxy) is 1. The molecule has 1 aliphatic rings. The molecule has 0 radical (unpaired) electrons. The number of hydrogen-bond donors (Lipinski definition) is 1. The van der Waals surface area contributed by atoms with E-state index in [-0.39, 0.29) is 11.6 Å². The molecule has 1 heterocycles. The van der Waals surface area contributed by atoms with Crippen LogP contribution in [-0.2, 0) is 4.74 Å². The largest absolute Gasteiger partial charge is 0.378 e. The third kappa shape index (κ3) is 5.79. The summed E-state index contributed by atoms with van der Waals surface area (Å²) in [6.07, 6.45) is 5.19. The van der Waals surface area contributed by atoms with Crippen molar-refractivity contribution in [3.8, 4) is 0 Å². The molecule has 1 N–H and O–H groups in total. The zero-order valence-corrected chi connectivity index (χ0v) is 15.9. The van der Waals surface area contributed by atoms with Crippen LogP contribution in [0.25, 0.3) is 0 Å². The zero-order chi connectivity index (χ0) is 17.8. The quantitative estimate of drug-likeness (QED) is 0.600. The molecule has 2 unspecified atom stereocenters. The van der Waals surface area contributed by atoms with Crippen molar-refractivity contribution in [2.75, 3.05) is 20.6 Å². The number of rotatable bonds is 6. The van der Waals surface area contributed by atoms with E-state index in [1.807, 2.05) is 32.7 Å². The highest BCUT2D eigenvalue weighted by Gasteiger charge is 2.31. The number of aliphatic hydroxyl groups excluding tert-OH is 1. The minimum absolute atomic E-state index is 0.129. The van der Waals surface area contributed by atoms with Gasteiger partial charge in [-0.3, -0.25) is 4.90 Å². The summed E-state index contributed by atoms with van der Waals surface area (Å²) in [6.45, 7) is 15.1. The van der Waals surface area contributed by atoms with Gasteiger partial charge in [-0.05, 0) is 53.2 Å². The van der Waals surface area contributed by atoms with Crippen LogP contribution in [0.1, 0.15) is 47.5 Å². The Labute approximate surface area is 142 Å². The van der Waals surface area contributed by atoms with Gasteiger partial charge in [-0.2, -0.15) is 0 Å². The smallest absolute Gasteiger partial charge is 0.216 e. The maximum atomic E-state index is 10.4. The van der Waals surface area contributed by atoms with E-state index >= 15 is 0 Å². The monoisotopic (exact) mass is 322 g/mol. The predicted octanol–water partition coefficient (Wildman–Crippen LogP) is 3.51. The highest BCUT2D eigenvalue weighted by Crippen LogP contribution is 2.28. The zero-order valence-electron chi connectivity index (χ0n) is 15.9. The standard InChI is InChI=1S/C19H34N2O2/c1-9-14(2)10-11-16-15(3)20(7)13-12-17(16)21(8)18(22)23-19(4,5)6/h10-11,17-18,22H,2,9,12-13H2,1,3-8H3/b11-10-. The van der Waals surface area contributed by atoms with Crippen molar-refractivity contribution >= 4 is 0 Å². The summed E-state index contributed by atoms with van der Waals surface area (Å²) in [7, 11) is 4.03. The summed E-state index contributed by atoms with van der Waals surface area (Å²) >= 11 is 0. The summed E-state index contributed by atoms with van der Waals surface area (Å²) in [4.78, 5) is 4.17. The third-order valence-corrected chi connectivity index (χ3v) is 4.34. The van der Waals surface area contributed by atoms with E-state index in [1.165, 1.54) is 11.3 Å². The lowest BCUT2D eigenvalue weighted by Gasteiger charge is -2.41. The first-order chi connectivity index (χ1) is 10.6. The molecule has 0 saturated heterocycles. The molecule has 0 aromatic rings. The predicted molar refractivity (Wildman–Crippen MR) is 96.9 cm³/mol. The average Bonchev–Trinajstić information content (AvgIpc) is 2.45. The molecule has 0 aromatic heterocycles. The van der Waals surface area contributed by atoms with Crippen molar-refractivity contribution in [2.45, 2.75) is 65.5 Å². The first-order valence-corrected chi connectivity index (χ1v) is 8.42. The van der Waals surface area contributed by atoms with Gasteiger partial charge in [0, 0.05) is 25.3 Å². The van der Waals surface area contributed by atoms with Crippen LogP contribution < -0.4 is 0 Å². The highest BCUT2D eigenvalue weighted by atomic mass is 16.6. The molecule has 2 atom stereocenters. The van der Waals surface area contributed by atoms with Crippen LogP contribution in [0.3, 0.4) is 0 Å². The second kappa shape index (κ2) is 8.13. The lowest BCUT2D eigenvalue weighted by atomic mass is 9.95. The second-order valence-corrected chi connectivity index (χ2v) is 7.33. The van der Waals surface area contributed by atoms with Crippen molar-refractivity contribution in [1.82, 2.24) is 9.80 Å². The van der Waals surface area contributed by atoms with Gasteiger partial charge in [-0.15, -0.1) is 0 Å². The molecule has 1 rings (SSSR count). The van der Waals surface area contributed by atoms with Gasteiger partial charge in [0.05, 0.1) is 5.60 Å². The van der Waals surface area contributed by atoms with E-state index in [0.717, 1.165) is 25.0 Å². The molecule has 0 fully saturated rings. The van der Waals surface area contributed by atoms with Crippen LogP contribution in [0.4, 0.5) is 0 Å². The fourth-order valence-electron chi connectivity index (χ4n) is 2.63. The Bertz CT molecular complexity index is 474. The van der Waals surface area contributed by atoms with E-state index < -0.39 is 6.41 Å². The molecule has 4 heteroatoms. The van der Waals surface area contributed by atoms with Crippen molar-refractivity contribution in [3.63, 3.8) is 0 Å². The van der Waals surface area contributed by atoms with Crippen molar-refractivity contribution in [1.29, 1.82) is 0 Å². The Balaban J connectivity index is 3.02. The normalized spacial score (nSPS) is 21.4. The van der Waals surface area contributed by atoms with Gasteiger partial charge in [-0.1, -0.05) is 31.2 Å². The Morgan fingerprint density at radius 3 is 2.65 bits per heavy atom. The summed E-state index contributed by atoms with van der Waals surface area (Å²) in [5.74, 6) is 0. The fraction of sp³-hybridized carbons (Fsp3) is 0.684. The van der Waals surface area contributed by atoms with Crippen molar-refractivity contribution in [3.05, 3.63) is 35.6 Å². The molecule has 0 amide bonds. The van der Waals surface area contributed by atoms with Crippen molar-refractivity contribution in [2.24, 2.45) is 0 Å². The maximum absolute atomic E-state index is 10.4. The van der Waals surface area contributed by atoms with E-state index in [9.17, 15) is 5.11 Å². The number of nitrogens with zero attached hydrogens (tertiary/aromatic N) is 2. The number of hydrogen-bond acceptors (Lipinski definition) is 4. The lowest BCUT2D eigenvalue weighted by molar-refractivity contribution is -0.239. The summed E-state index contributed by atoms with van der Waals surface area (Å²) in [6, 6.07) is 0.129. The van der Waals surface area contributed by atoms with E-state index in [4.69, 9.17) is 4.74 Å². The van der Waals surface area contributed by atoms with E-state index in [0.29, 0.717) is 0 Å². The third-order valence-electron chi connectivity index (χ3n) is 4.34. The SMILES string of the molecule is C=C(/C=C\C1=C(C)N(C)CCC1N(C)C(O)OC(C)(C)C)CC. The van der Waals surface area contributed by atoms with Crippen LogP contribution in [0.2, 0.25) is 0 Å². The van der Waals surface area contributed by atoms with E-state index in [2.05, 4.69) is 44.5 Å². The lowest BCUT2D eigenvalue weighted by Crippen LogP contribution is -2.48. The summed E-state index contributed by atoms with van der Waals surface area (Å²) in [5, 5.41) is 10.4. The van der Waals surface area contributed by atoms with Gasteiger partial charge >= 0.3 is 0 Å². The van der Waals surface area contributed by atoms with Gasteiger partial charge < -0.3 is 14.7 Å². The van der Waals surface area contributed by atoms with Gasteiger partial charge in [0.15, 0.2) is 0 Å². The van der Waals surface area contributed by atoms with Gasteiger partial charge in [0.25, 0.3) is 0 Å². The molecule has 0 spiro atoms.